The normalized spacial score (nSPS) is 12.0. The van der Waals surface area contributed by atoms with Gasteiger partial charge in [-0.2, -0.15) is 8.78 Å². The topological polar surface area (TPSA) is 82.8 Å². The quantitative estimate of drug-likeness (QED) is 0.363. The maximum atomic E-state index is 12.4. The van der Waals surface area contributed by atoms with E-state index in [0.717, 1.165) is 0 Å². The van der Waals surface area contributed by atoms with Crippen LogP contribution < -0.4 is 10.4 Å². The lowest BCUT2D eigenvalue weighted by molar-refractivity contribution is -0.0498. The Labute approximate surface area is 157 Å². The van der Waals surface area contributed by atoms with Crippen LogP contribution in [-0.4, -0.2) is 24.5 Å². The summed E-state index contributed by atoms with van der Waals surface area (Å²) in [6, 6.07) is 12.9. The molecule has 0 aliphatic carbocycles. The summed E-state index contributed by atoms with van der Waals surface area (Å²) in [5, 5.41) is 0.530. The smallest absolute Gasteiger partial charge is 0.387 e. The van der Waals surface area contributed by atoms with E-state index in [1.54, 1.807) is 24.3 Å². The van der Waals surface area contributed by atoms with Gasteiger partial charge in [-0.3, -0.25) is 4.79 Å². The van der Waals surface area contributed by atoms with Crippen LogP contribution in [0.5, 0.6) is 5.75 Å². The van der Waals surface area contributed by atoms with Crippen LogP contribution in [-0.2, 0) is 4.74 Å². The highest BCUT2D eigenvalue weighted by atomic mass is 19.3. The molecule has 0 aliphatic rings. The van der Waals surface area contributed by atoms with Gasteiger partial charge < -0.3 is 13.9 Å². The molecule has 3 rings (SSSR count). The van der Waals surface area contributed by atoms with Crippen LogP contribution >= 0.6 is 0 Å². The largest absolute Gasteiger partial charge is 0.450 e. The standard InChI is InChI=1S/C20H14F2O6/c1-11(17(23)12-6-8-14(9-7-12)27-20(21)22)26-18(24)15-10-13-4-2-3-5-16(13)28-19(15)25/h2-11,20H,1H3/t11-/m1/s1. The molecule has 144 valence electrons. The molecule has 28 heavy (non-hydrogen) atoms. The highest BCUT2D eigenvalue weighted by molar-refractivity contribution is 6.01. The van der Waals surface area contributed by atoms with Crippen molar-refractivity contribution < 1.29 is 32.3 Å². The van der Waals surface area contributed by atoms with Crippen LogP contribution in [0.25, 0.3) is 11.0 Å². The van der Waals surface area contributed by atoms with Crippen molar-refractivity contribution in [1.29, 1.82) is 0 Å². The Hall–Kier alpha value is -3.55. The number of Topliss-reactive ketones (excluding diaryl/α,β-unsaturated/α-hetero) is 1. The second kappa shape index (κ2) is 7.99. The van der Waals surface area contributed by atoms with Gasteiger partial charge in [-0.15, -0.1) is 0 Å². The number of halogens is 2. The van der Waals surface area contributed by atoms with E-state index in [1.807, 2.05) is 0 Å². The number of ether oxygens (including phenoxy) is 2. The predicted octanol–water partition coefficient (Wildman–Crippen LogP) is 3.82. The average molecular weight is 388 g/mol. The van der Waals surface area contributed by atoms with Crippen LogP contribution in [0.15, 0.2) is 63.8 Å². The lowest BCUT2D eigenvalue weighted by atomic mass is 10.1. The highest BCUT2D eigenvalue weighted by Gasteiger charge is 2.23. The minimum absolute atomic E-state index is 0.107. The molecule has 1 atom stereocenters. The first-order valence-electron chi connectivity index (χ1n) is 8.18. The van der Waals surface area contributed by atoms with Crippen LogP contribution in [0.2, 0.25) is 0 Å². The van der Waals surface area contributed by atoms with Crippen molar-refractivity contribution in [2.24, 2.45) is 0 Å². The summed E-state index contributed by atoms with van der Waals surface area (Å²) >= 11 is 0. The van der Waals surface area contributed by atoms with Crippen molar-refractivity contribution in [3.63, 3.8) is 0 Å². The summed E-state index contributed by atoms with van der Waals surface area (Å²) in [5.41, 5.74) is -0.761. The molecule has 2 aromatic carbocycles. The molecule has 0 saturated heterocycles. The molecule has 0 fully saturated rings. The van der Waals surface area contributed by atoms with Gasteiger partial charge in [0.2, 0.25) is 5.78 Å². The zero-order valence-corrected chi connectivity index (χ0v) is 14.6. The number of para-hydroxylation sites is 1. The number of fused-ring (bicyclic) bond motifs is 1. The van der Waals surface area contributed by atoms with Crippen LogP contribution in [0, 0.1) is 0 Å². The van der Waals surface area contributed by atoms with E-state index in [0.29, 0.717) is 11.0 Å². The number of hydrogen-bond donors (Lipinski definition) is 0. The molecule has 0 unspecified atom stereocenters. The number of alkyl halides is 2. The second-order valence-corrected chi connectivity index (χ2v) is 5.80. The third kappa shape index (κ3) is 4.22. The Bertz CT molecular complexity index is 1070. The molecule has 0 saturated carbocycles. The summed E-state index contributed by atoms with van der Waals surface area (Å²) in [6.07, 6.45) is -1.21. The first-order valence-corrected chi connectivity index (χ1v) is 8.18. The van der Waals surface area contributed by atoms with Gasteiger partial charge in [0.05, 0.1) is 0 Å². The minimum atomic E-state index is -2.98. The first kappa shape index (κ1) is 19.2. The van der Waals surface area contributed by atoms with Crippen molar-refractivity contribution in [2.75, 3.05) is 0 Å². The minimum Gasteiger partial charge on any atom is -0.450 e. The molecule has 1 heterocycles. The van der Waals surface area contributed by atoms with E-state index in [2.05, 4.69) is 4.74 Å². The molecule has 3 aromatic rings. The fraction of sp³-hybridized carbons (Fsp3) is 0.150. The number of benzene rings is 2. The summed E-state index contributed by atoms with van der Waals surface area (Å²) in [7, 11) is 0. The third-order valence-electron chi connectivity index (χ3n) is 3.88. The summed E-state index contributed by atoms with van der Waals surface area (Å²) in [6.45, 7) is -1.64. The molecular formula is C20H14F2O6. The molecule has 0 bridgehead atoms. The predicted molar refractivity (Wildman–Crippen MR) is 94.8 cm³/mol. The Morgan fingerprint density at radius 3 is 2.39 bits per heavy atom. The maximum absolute atomic E-state index is 12.4. The molecule has 1 aromatic heterocycles. The van der Waals surface area contributed by atoms with E-state index >= 15 is 0 Å². The zero-order chi connectivity index (χ0) is 20.3. The van der Waals surface area contributed by atoms with Gasteiger partial charge in [0.1, 0.15) is 16.9 Å². The van der Waals surface area contributed by atoms with Crippen molar-refractivity contribution in [3.8, 4) is 5.75 Å². The molecule has 6 nitrogen and oxygen atoms in total. The van der Waals surface area contributed by atoms with Crippen molar-refractivity contribution in [3.05, 3.63) is 76.1 Å². The van der Waals surface area contributed by atoms with Gasteiger partial charge in [-0.05, 0) is 43.3 Å². The molecular weight excluding hydrogens is 374 g/mol. The molecule has 0 N–H and O–H groups in total. The lowest BCUT2D eigenvalue weighted by Crippen LogP contribution is -2.27. The Morgan fingerprint density at radius 1 is 1.04 bits per heavy atom. The summed E-state index contributed by atoms with van der Waals surface area (Å²) in [5.74, 6) is -1.68. The molecule has 0 radical (unpaired) electrons. The van der Waals surface area contributed by atoms with E-state index in [4.69, 9.17) is 9.15 Å². The number of ketones is 1. The fourth-order valence-electron chi connectivity index (χ4n) is 2.52. The van der Waals surface area contributed by atoms with E-state index in [-0.39, 0.29) is 16.9 Å². The molecule has 0 aliphatic heterocycles. The van der Waals surface area contributed by atoms with E-state index in [9.17, 15) is 23.2 Å². The first-order chi connectivity index (χ1) is 13.3. The lowest BCUT2D eigenvalue weighted by Gasteiger charge is -2.12. The van der Waals surface area contributed by atoms with Crippen LogP contribution in [0.3, 0.4) is 0 Å². The third-order valence-corrected chi connectivity index (χ3v) is 3.88. The van der Waals surface area contributed by atoms with Crippen LogP contribution in [0.1, 0.15) is 27.6 Å². The number of carbonyl (C=O) groups is 2. The summed E-state index contributed by atoms with van der Waals surface area (Å²) < 4.78 is 38.7. The Morgan fingerprint density at radius 2 is 1.71 bits per heavy atom. The number of rotatable bonds is 6. The van der Waals surface area contributed by atoms with Gasteiger partial charge in [0.15, 0.2) is 6.10 Å². The van der Waals surface area contributed by atoms with E-state index in [1.165, 1.54) is 37.3 Å². The van der Waals surface area contributed by atoms with Crippen LogP contribution in [0.4, 0.5) is 8.78 Å². The van der Waals surface area contributed by atoms with Crippen molar-refractivity contribution >= 4 is 22.7 Å². The van der Waals surface area contributed by atoms with E-state index < -0.39 is 30.1 Å². The summed E-state index contributed by atoms with van der Waals surface area (Å²) in [4.78, 5) is 36.7. The highest BCUT2D eigenvalue weighted by Crippen LogP contribution is 2.17. The van der Waals surface area contributed by atoms with Crippen molar-refractivity contribution in [1.82, 2.24) is 0 Å². The molecule has 0 amide bonds. The maximum Gasteiger partial charge on any atom is 0.387 e. The fourth-order valence-corrected chi connectivity index (χ4v) is 2.52. The number of hydrogen-bond acceptors (Lipinski definition) is 6. The Balaban J connectivity index is 1.74. The second-order valence-electron chi connectivity index (χ2n) is 5.80. The monoisotopic (exact) mass is 388 g/mol. The van der Waals surface area contributed by atoms with Gasteiger partial charge in [0, 0.05) is 10.9 Å². The average Bonchev–Trinajstić information content (AvgIpc) is 2.66. The van der Waals surface area contributed by atoms with Gasteiger partial charge >= 0.3 is 18.2 Å². The SMILES string of the molecule is C[C@@H](OC(=O)c1cc2ccccc2oc1=O)C(=O)c1ccc(OC(F)F)cc1. The zero-order valence-electron chi connectivity index (χ0n) is 14.6. The molecule has 0 spiro atoms. The Kier molecular flexibility index (Phi) is 5.49. The number of esters is 1. The van der Waals surface area contributed by atoms with Crippen molar-refractivity contribution in [2.45, 2.75) is 19.6 Å². The number of carbonyl (C=O) groups excluding carboxylic acids is 2. The molecule has 8 heteroatoms. The van der Waals surface area contributed by atoms with Gasteiger partial charge in [-0.1, -0.05) is 18.2 Å². The van der Waals surface area contributed by atoms with Gasteiger partial charge in [0.25, 0.3) is 0 Å². The van der Waals surface area contributed by atoms with Gasteiger partial charge in [-0.25, -0.2) is 9.59 Å².